The van der Waals surface area contributed by atoms with Crippen molar-refractivity contribution in [2.45, 2.75) is 26.8 Å². The monoisotopic (exact) mass is 250 g/mol. The molecule has 0 aliphatic rings. The van der Waals surface area contributed by atoms with Crippen LogP contribution < -0.4 is 0 Å². The maximum atomic E-state index is 12.1. The molecule has 1 amide bonds. The van der Waals surface area contributed by atoms with Crippen LogP contribution in [0.25, 0.3) is 0 Å². The van der Waals surface area contributed by atoms with Gasteiger partial charge >= 0.3 is 5.97 Å². The van der Waals surface area contributed by atoms with Gasteiger partial charge in [-0.2, -0.15) is 0 Å². The fourth-order valence-corrected chi connectivity index (χ4v) is 1.86. The van der Waals surface area contributed by atoms with Gasteiger partial charge in [0, 0.05) is 13.2 Å². The number of hydrogen-bond donors (Lipinski definition) is 1. The minimum atomic E-state index is -1.01. The number of hydrogen-bond acceptors (Lipinski definition) is 3. The standard InChI is InChI=1S/C13H18N2O3/c1-8(2)11(13(17)18)15(4)12(16)10-7-9(3)5-6-14-10/h5-8,11H,1-4H3,(H,17,18). The predicted molar refractivity (Wildman–Crippen MR) is 67.3 cm³/mol. The lowest BCUT2D eigenvalue weighted by Crippen LogP contribution is -2.45. The van der Waals surface area contributed by atoms with Crippen molar-refractivity contribution in [2.24, 2.45) is 5.92 Å². The van der Waals surface area contributed by atoms with Gasteiger partial charge in [-0.15, -0.1) is 0 Å². The van der Waals surface area contributed by atoms with Crippen molar-refractivity contribution in [3.05, 3.63) is 29.6 Å². The van der Waals surface area contributed by atoms with E-state index in [1.807, 2.05) is 6.92 Å². The first-order valence-corrected chi connectivity index (χ1v) is 5.77. The third kappa shape index (κ3) is 3.06. The van der Waals surface area contributed by atoms with Gasteiger partial charge in [0.25, 0.3) is 5.91 Å². The third-order valence-corrected chi connectivity index (χ3v) is 2.76. The van der Waals surface area contributed by atoms with Gasteiger partial charge in [-0.1, -0.05) is 13.8 Å². The normalized spacial score (nSPS) is 12.3. The number of amides is 1. The van der Waals surface area contributed by atoms with Crippen molar-refractivity contribution in [3.8, 4) is 0 Å². The van der Waals surface area contributed by atoms with Gasteiger partial charge in [-0.25, -0.2) is 4.79 Å². The third-order valence-electron chi connectivity index (χ3n) is 2.76. The minimum Gasteiger partial charge on any atom is -0.480 e. The lowest BCUT2D eigenvalue weighted by Gasteiger charge is -2.27. The second kappa shape index (κ2) is 5.62. The molecular formula is C13H18N2O3. The Labute approximate surface area is 106 Å². The van der Waals surface area contributed by atoms with Crippen LogP contribution >= 0.6 is 0 Å². The molecule has 18 heavy (non-hydrogen) atoms. The Morgan fingerprint density at radius 2 is 2.00 bits per heavy atom. The number of carboxylic acids is 1. The molecule has 0 aliphatic heterocycles. The first-order chi connectivity index (χ1) is 8.34. The van der Waals surface area contributed by atoms with Crippen molar-refractivity contribution in [1.82, 2.24) is 9.88 Å². The highest BCUT2D eigenvalue weighted by Gasteiger charge is 2.30. The molecule has 1 heterocycles. The van der Waals surface area contributed by atoms with E-state index in [1.54, 1.807) is 32.2 Å². The Hall–Kier alpha value is -1.91. The number of nitrogens with zero attached hydrogens (tertiary/aromatic N) is 2. The molecule has 0 bridgehead atoms. The summed E-state index contributed by atoms with van der Waals surface area (Å²) >= 11 is 0. The summed E-state index contributed by atoms with van der Waals surface area (Å²) in [6.07, 6.45) is 1.54. The van der Waals surface area contributed by atoms with Gasteiger partial charge in [0.2, 0.25) is 0 Å². The van der Waals surface area contributed by atoms with Gasteiger partial charge in [0.05, 0.1) is 0 Å². The highest BCUT2D eigenvalue weighted by molar-refractivity contribution is 5.95. The van der Waals surface area contributed by atoms with E-state index in [4.69, 9.17) is 5.11 Å². The molecule has 0 aliphatic carbocycles. The Bertz CT molecular complexity index is 457. The summed E-state index contributed by atoms with van der Waals surface area (Å²) in [7, 11) is 1.49. The SMILES string of the molecule is Cc1ccnc(C(=O)N(C)C(C(=O)O)C(C)C)c1. The van der Waals surface area contributed by atoms with Crippen molar-refractivity contribution in [2.75, 3.05) is 7.05 Å². The summed E-state index contributed by atoms with van der Waals surface area (Å²) in [5, 5.41) is 9.15. The van der Waals surface area contributed by atoms with E-state index in [-0.39, 0.29) is 17.5 Å². The van der Waals surface area contributed by atoms with Crippen LogP contribution in [0.2, 0.25) is 0 Å². The van der Waals surface area contributed by atoms with Crippen molar-refractivity contribution in [3.63, 3.8) is 0 Å². The maximum absolute atomic E-state index is 12.1. The molecule has 1 aromatic heterocycles. The molecule has 0 radical (unpaired) electrons. The zero-order valence-corrected chi connectivity index (χ0v) is 11.0. The summed E-state index contributed by atoms with van der Waals surface area (Å²) < 4.78 is 0. The Morgan fingerprint density at radius 1 is 1.39 bits per heavy atom. The molecule has 0 spiro atoms. The Kier molecular flexibility index (Phi) is 4.42. The number of likely N-dealkylation sites (N-methyl/N-ethyl adjacent to an activating group) is 1. The predicted octanol–water partition coefficient (Wildman–Crippen LogP) is 1.57. The highest BCUT2D eigenvalue weighted by atomic mass is 16.4. The molecule has 5 heteroatoms. The summed E-state index contributed by atoms with van der Waals surface area (Å²) in [6.45, 7) is 5.40. The average molecular weight is 250 g/mol. The summed E-state index contributed by atoms with van der Waals surface area (Å²) in [4.78, 5) is 28.5. The summed E-state index contributed by atoms with van der Waals surface area (Å²) in [5.41, 5.74) is 1.18. The fourth-order valence-electron chi connectivity index (χ4n) is 1.86. The second-order valence-corrected chi connectivity index (χ2v) is 4.66. The van der Waals surface area contributed by atoms with Crippen LogP contribution in [0.5, 0.6) is 0 Å². The number of carboxylic acid groups (broad SMARTS) is 1. The number of pyridine rings is 1. The van der Waals surface area contributed by atoms with Crippen LogP contribution in [-0.4, -0.2) is 40.0 Å². The minimum absolute atomic E-state index is 0.166. The molecule has 1 N–H and O–H groups in total. The van der Waals surface area contributed by atoms with E-state index in [1.165, 1.54) is 11.9 Å². The van der Waals surface area contributed by atoms with E-state index in [0.717, 1.165) is 5.56 Å². The quantitative estimate of drug-likeness (QED) is 0.880. The summed E-state index contributed by atoms with van der Waals surface area (Å²) in [5.74, 6) is -1.55. The first-order valence-electron chi connectivity index (χ1n) is 5.77. The van der Waals surface area contributed by atoms with E-state index < -0.39 is 12.0 Å². The molecular weight excluding hydrogens is 232 g/mol. The van der Waals surface area contributed by atoms with E-state index in [0.29, 0.717) is 0 Å². The van der Waals surface area contributed by atoms with Gasteiger partial charge in [0.1, 0.15) is 11.7 Å². The number of aromatic nitrogens is 1. The van der Waals surface area contributed by atoms with Crippen molar-refractivity contribution < 1.29 is 14.7 Å². The van der Waals surface area contributed by atoms with Gasteiger partial charge in [-0.3, -0.25) is 9.78 Å². The first kappa shape index (κ1) is 14.2. The number of aliphatic carboxylic acids is 1. The smallest absolute Gasteiger partial charge is 0.326 e. The number of carbonyl (C=O) groups excluding carboxylic acids is 1. The number of carbonyl (C=O) groups is 2. The van der Waals surface area contributed by atoms with Crippen LogP contribution in [0.3, 0.4) is 0 Å². The van der Waals surface area contributed by atoms with Gasteiger partial charge < -0.3 is 10.0 Å². The van der Waals surface area contributed by atoms with E-state index in [2.05, 4.69) is 4.98 Å². The van der Waals surface area contributed by atoms with Crippen LogP contribution in [0.15, 0.2) is 18.3 Å². The molecule has 0 fully saturated rings. The van der Waals surface area contributed by atoms with E-state index >= 15 is 0 Å². The second-order valence-electron chi connectivity index (χ2n) is 4.66. The molecule has 5 nitrogen and oxygen atoms in total. The topological polar surface area (TPSA) is 70.5 Å². The van der Waals surface area contributed by atoms with E-state index in [9.17, 15) is 9.59 Å². The maximum Gasteiger partial charge on any atom is 0.326 e. The summed E-state index contributed by atoms with van der Waals surface area (Å²) in [6, 6.07) is 2.59. The van der Waals surface area contributed by atoms with Crippen LogP contribution in [0, 0.1) is 12.8 Å². The average Bonchev–Trinajstić information content (AvgIpc) is 2.26. The Morgan fingerprint density at radius 3 is 2.44 bits per heavy atom. The Balaban J connectivity index is 2.99. The highest BCUT2D eigenvalue weighted by Crippen LogP contribution is 2.13. The largest absolute Gasteiger partial charge is 0.480 e. The number of aryl methyl sites for hydroxylation is 1. The van der Waals surface area contributed by atoms with Gasteiger partial charge in [0.15, 0.2) is 0 Å². The molecule has 1 atom stereocenters. The van der Waals surface area contributed by atoms with Crippen molar-refractivity contribution >= 4 is 11.9 Å². The van der Waals surface area contributed by atoms with Crippen LogP contribution in [0.4, 0.5) is 0 Å². The molecule has 0 saturated carbocycles. The molecule has 0 saturated heterocycles. The van der Waals surface area contributed by atoms with Crippen LogP contribution in [-0.2, 0) is 4.79 Å². The zero-order chi connectivity index (χ0) is 13.9. The van der Waals surface area contributed by atoms with Gasteiger partial charge in [-0.05, 0) is 30.5 Å². The molecule has 1 aromatic rings. The zero-order valence-electron chi connectivity index (χ0n) is 11.0. The van der Waals surface area contributed by atoms with Crippen molar-refractivity contribution in [1.29, 1.82) is 0 Å². The molecule has 1 unspecified atom stereocenters. The molecule has 1 rings (SSSR count). The fraction of sp³-hybridized carbons (Fsp3) is 0.462. The lowest BCUT2D eigenvalue weighted by atomic mass is 10.0. The number of rotatable bonds is 4. The molecule has 0 aromatic carbocycles. The lowest BCUT2D eigenvalue weighted by molar-refractivity contribution is -0.143. The van der Waals surface area contributed by atoms with Crippen LogP contribution in [0.1, 0.15) is 29.9 Å². The molecule has 98 valence electrons.